The molecule has 1 aromatic heterocycles. The van der Waals surface area contributed by atoms with Gasteiger partial charge in [-0.1, -0.05) is 50.2 Å². The lowest BCUT2D eigenvalue weighted by Gasteiger charge is -2.16. The van der Waals surface area contributed by atoms with Crippen molar-refractivity contribution < 1.29 is 23.8 Å². The largest absolute Gasteiger partial charge is 0.493 e. The molecular weight excluding hydrogens is 484 g/mol. The smallest absolute Gasteiger partial charge is 0.330 e. The van der Waals surface area contributed by atoms with Crippen molar-refractivity contribution in [2.45, 2.75) is 33.1 Å². The molecule has 0 saturated heterocycles. The molecule has 0 fully saturated rings. The minimum atomic E-state index is -0.411. The van der Waals surface area contributed by atoms with Crippen molar-refractivity contribution in [2.75, 3.05) is 20.3 Å². The first-order valence-corrected chi connectivity index (χ1v) is 12.4. The highest BCUT2D eigenvalue weighted by molar-refractivity contribution is 6.09. The standard InChI is InChI=1S/C30H30N2O6/c1-19(2)28-30(35)32(20(3)33)25-18-26(23-8-5-6-9-24(23)29(25)31-28)38-17-7-16-37-22-13-10-21(11-14-22)12-15-27(34)36-4/h5-6,8-15,18-19H,7,16-17H2,1-4H3/b15-12+. The maximum atomic E-state index is 13.0. The Kier molecular flexibility index (Phi) is 8.21. The van der Waals surface area contributed by atoms with Gasteiger partial charge in [0.15, 0.2) is 0 Å². The summed E-state index contributed by atoms with van der Waals surface area (Å²) in [5, 5.41) is 1.67. The van der Waals surface area contributed by atoms with Gasteiger partial charge >= 0.3 is 5.97 Å². The van der Waals surface area contributed by atoms with E-state index in [-0.39, 0.29) is 11.8 Å². The van der Waals surface area contributed by atoms with Crippen LogP contribution in [0.25, 0.3) is 27.9 Å². The Labute approximate surface area is 220 Å². The fourth-order valence-electron chi connectivity index (χ4n) is 4.14. The summed E-state index contributed by atoms with van der Waals surface area (Å²) < 4.78 is 17.7. The number of ether oxygens (including phenoxy) is 3. The van der Waals surface area contributed by atoms with Gasteiger partial charge in [-0.25, -0.2) is 14.3 Å². The minimum absolute atomic E-state index is 0.125. The molecule has 1 heterocycles. The van der Waals surface area contributed by atoms with Crippen LogP contribution in [0, 0.1) is 0 Å². The summed E-state index contributed by atoms with van der Waals surface area (Å²) >= 11 is 0. The summed E-state index contributed by atoms with van der Waals surface area (Å²) in [5.74, 6) is 0.369. The number of fused-ring (bicyclic) bond motifs is 3. The molecule has 8 nitrogen and oxygen atoms in total. The van der Waals surface area contributed by atoms with Gasteiger partial charge in [0.1, 0.15) is 17.2 Å². The predicted molar refractivity (Wildman–Crippen MR) is 147 cm³/mol. The molecule has 0 saturated carbocycles. The Bertz CT molecular complexity index is 1570. The van der Waals surface area contributed by atoms with E-state index >= 15 is 0 Å². The van der Waals surface area contributed by atoms with Crippen molar-refractivity contribution in [3.63, 3.8) is 0 Å². The molecule has 0 amide bonds. The molecule has 0 bridgehead atoms. The van der Waals surface area contributed by atoms with Crippen LogP contribution < -0.4 is 15.0 Å². The quantitative estimate of drug-likeness (QED) is 0.128. The Hall–Kier alpha value is -4.46. The van der Waals surface area contributed by atoms with E-state index in [9.17, 15) is 14.4 Å². The average Bonchev–Trinajstić information content (AvgIpc) is 2.91. The Morgan fingerprint density at radius 2 is 1.68 bits per heavy atom. The maximum absolute atomic E-state index is 13.0. The second kappa shape index (κ2) is 11.7. The van der Waals surface area contributed by atoms with Crippen LogP contribution in [0.3, 0.4) is 0 Å². The van der Waals surface area contributed by atoms with Crippen LogP contribution in [0.4, 0.5) is 0 Å². The number of rotatable bonds is 9. The van der Waals surface area contributed by atoms with Crippen molar-refractivity contribution in [2.24, 2.45) is 0 Å². The number of benzene rings is 3. The molecule has 0 N–H and O–H groups in total. The summed E-state index contributed by atoms with van der Waals surface area (Å²) in [4.78, 5) is 41.4. The molecule has 0 aliphatic heterocycles. The molecule has 196 valence electrons. The predicted octanol–water partition coefficient (Wildman–Crippen LogP) is 5.37. The number of hydrogen-bond donors (Lipinski definition) is 0. The number of esters is 1. The fourth-order valence-corrected chi connectivity index (χ4v) is 4.14. The summed E-state index contributed by atoms with van der Waals surface area (Å²) in [7, 11) is 1.33. The van der Waals surface area contributed by atoms with Gasteiger partial charge in [-0.2, -0.15) is 0 Å². The van der Waals surface area contributed by atoms with E-state index in [4.69, 9.17) is 9.47 Å². The number of aromatic nitrogens is 2. The zero-order chi connectivity index (χ0) is 27.2. The molecule has 0 radical (unpaired) electrons. The van der Waals surface area contributed by atoms with Gasteiger partial charge in [0.05, 0.1) is 31.4 Å². The Balaban J connectivity index is 1.50. The number of hydrogen-bond acceptors (Lipinski definition) is 7. The summed E-state index contributed by atoms with van der Waals surface area (Å²) in [5.41, 5.74) is 1.84. The van der Waals surface area contributed by atoms with E-state index in [0.29, 0.717) is 47.9 Å². The third kappa shape index (κ3) is 5.75. The van der Waals surface area contributed by atoms with Crippen LogP contribution in [-0.4, -0.2) is 41.8 Å². The number of nitrogens with zero attached hydrogens (tertiary/aromatic N) is 2. The molecular formula is C30H30N2O6. The van der Waals surface area contributed by atoms with Crippen molar-refractivity contribution in [1.82, 2.24) is 9.55 Å². The van der Waals surface area contributed by atoms with E-state index < -0.39 is 11.5 Å². The van der Waals surface area contributed by atoms with Crippen molar-refractivity contribution in [1.29, 1.82) is 0 Å². The maximum Gasteiger partial charge on any atom is 0.330 e. The lowest BCUT2D eigenvalue weighted by Crippen LogP contribution is -2.30. The minimum Gasteiger partial charge on any atom is -0.493 e. The van der Waals surface area contributed by atoms with Gasteiger partial charge in [-0.15, -0.1) is 0 Å². The van der Waals surface area contributed by atoms with E-state index in [1.165, 1.54) is 24.7 Å². The second-order valence-electron chi connectivity index (χ2n) is 9.08. The lowest BCUT2D eigenvalue weighted by molar-refractivity contribution is -0.134. The van der Waals surface area contributed by atoms with Crippen LogP contribution in [0.1, 0.15) is 49.2 Å². The van der Waals surface area contributed by atoms with Crippen LogP contribution in [0.5, 0.6) is 11.5 Å². The van der Waals surface area contributed by atoms with Gasteiger partial charge in [-0.3, -0.25) is 9.59 Å². The third-order valence-electron chi connectivity index (χ3n) is 6.02. The first-order chi connectivity index (χ1) is 18.3. The van der Waals surface area contributed by atoms with Gasteiger partial charge in [0, 0.05) is 42.2 Å². The normalized spacial score (nSPS) is 11.4. The summed E-state index contributed by atoms with van der Waals surface area (Å²) in [6.07, 6.45) is 3.64. The monoisotopic (exact) mass is 514 g/mol. The van der Waals surface area contributed by atoms with Gasteiger partial charge < -0.3 is 14.2 Å². The van der Waals surface area contributed by atoms with Gasteiger partial charge in [0.25, 0.3) is 5.56 Å². The second-order valence-corrected chi connectivity index (χ2v) is 9.08. The third-order valence-corrected chi connectivity index (χ3v) is 6.02. The number of carbonyl (C=O) groups is 2. The average molecular weight is 515 g/mol. The molecule has 0 spiro atoms. The van der Waals surface area contributed by atoms with Crippen LogP contribution in [-0.2, 0) is 9.53 Å². The molecule has 0 atom stereocenters. The van der Waals surface area contributed by atoms with E-state index in [1.807, 2.05) is 62.4 Å². The highest BCUT2D eigenvalue weighted by Gasteiger charge is 2.19. The van der Waals surface area contributed by atoms with Gasteiger partial charge in [-0.05, 0) is 23.8 Å². The summed E-state index contributed by atoms with van der Waals surface area (Å²) in [6, 6.07) is 16.7. The molecule has 4 rings (SSSR count). The first kappa shape index (κ1) is 26.6. The van der Waals surface area contributed by atoms with Crippen molar-refractivity contribution in [3.8, 4) is 11.5 Å². The van der Waals surface area contributed by atoms with Crippen LogP contribution >= 0.6 is 0 Å². The van der Waals surface area contributed by atoms with Gasteiger partial charge in [0.2, 0.25) is 5.91 Å². The van der Waals surface area contributed by atoms with E-state index in [2.05, 4.69) is 9.72 Å². The molecule has 3 aromatic carbocycles. The molecule has 38 heavy (non-hydrogen) atoms. The zero-order valence-corrected chi connectivity index (χ0v) is 21.9. The van der Waals surface area contributed by atoms with E-state index in [0.717, 1.165) is 16.3 Å². The Morgan fingerprint density at radius 3 is 2.34 bits per heavy atom. The van der Waals surface area contributed by atoms with Crippen LogP contribution in [0.15, 0.2) is 65.5 Å². The first-order valence-electron chi connectivity index (χ1n) is 12.4. The topological polar surface area (TPSA) is 96.7 Å². The highest BCUT2D eigenvalue weighted by Crippen LogP contribution is 2.33. The van der Waals surface area contributed by atoms with Crippen molar-refractivity contribution >= 4 is 39.8 Å². The highest BCUT2D eigenvalue weighted by atomic mass is 16.5. The number of carbonyl (C=O) groups excluding carboxylic acids is 2. The molecule has 0 unspecified atom stereocenters. The van der Waals surface area contributed by atoms with E-state index in [1.54, 1.807) is 12.1 Å². The number of methoxy groups -OCH3 is 1. The fraction of sp³-hybridized carbons (Fsp3) is 0.267. The lowest BCUT2D eigenvalue weighted by atomic mass is 10.1. The molecule has 4 aromatic rings. The zero-order valence-electron chi connectivity index (χ0n) is 21.9. The molecule has 8 heteroatoms. The van der Waals surface area contributed by atoms with Crippen LogP contribution in [0.2, 0.25) is 0 Å². The summed E-state index contributed by atoms with van der Waals surface area (Å²) in [6.45, 7) is 5.95. The SMILES string of the molecule is COC(=O)/C=C/c1ccc(OCCCOc2cc3c(nc(C(C)C)c(=O)n3C(C)=O)c3ccccc23)cc1. The Morgan fingerprint density at radius 1 is 1.00 bits per heavy atom. The molecule has 0 aliphatic rings. The molecule has 0 aliphatic carbocycles. The van der Waals surface area contributed by atoms with Crippen molar-refractivity contribution in [3.05, 3.63) is 82.3 Å².